The van der Waals surface area contributed by atoms with E-state index in [1.54, 1.807) is 53.3 Å². The zero-order chi connectivity index (χ0) is 25.1. The van der Waals surface area contributed by atoms with Gasteiger partial charge in [0.2, 0.25) is 0 Å². The molecule has 182 valence electrons. The molecule has 1 fully saturated rings. The third-order valence-electron chi connectivity index (χ3n) is 5.47. The molecule has 0 unspecified atom stereocenters. The van der Waals surface area contributed by atoms with E-state index in [-0.39, 0.29) is 18.8 Å². The maximum atomic E-state index is 12.5. The lowest BCUT2D eigenvalue weighted by Gasteiger charge is -2.34. The number of urea groups is 1. The van der Waals surface area contributed by atoms with E-state index in [2.05, 4.69) is 25.9 Å². The Kier molecular flexibility index (Phi) is 6.00. The van der Waals surface area contributed by atoms with E-state index in [4.69, 9.17) is 14.2 Å². The Hall–Kier alpha value is -4.84. The standard InChI is InChI=1S/C24H20N6O6/c1-34-12-10-24(21(31)26-23(33)27-22(24)32)36-17-6-4-16(5-7-17)35-18-8-9-19-15(13-18)14-30(29-19)20-3-2-11-25-28-20/h2-9,11,13-14H,10,12H2,1H3,(H2,26,27,31,32,33). The van der Waals surface area contributed by atoms with Crippen LogP contribution in [0.1, 0.15) is 6.42 Å². The summed E-state index contributed by atoms with van der Waals surface area (Å²) in [4.78, 5) is 36.6. The van der Waals surface area contributed by atoms with Gasteiger partial charge in [0.05, 0.1) is 12.1 Å². The minimum Gasteiger partial charge on any atom is -0.467 e. The molecule has 4 aromatic rings. The van der Waals surface area contributed by atoms with Crippen LogP contribution in [0.4, 0.5) is 4.79 Å². The van der Waals surface area contributed by atoms with Gasteiger partial charge in [-0.15, -0.1) is 5.10 Å². The first-order valence-electron chi connectivity index (χ1n) is 10.9. The van der Waals surface area contributed by atoms with Gasteiger partial charge in [-0.3, -0.25) is 20.2 Å². The largest absolute Gasteiger partial charge is 0.467 e. The fraction of sp³-hybridized carbons (Fsp3) is 0.167. The van der Waals surface area contributed by atoms with Crippen molar-refractivity contribution in [1.82, 2.24) is 30.6 Å². The molecule has 5 rings (SSSR count). The van der Waals surface area contributed by atoms with Gasteiger partial charge in [-0.1, -0.05) is 0 Å². The average molecular weight is 488 g/mol. The summed E-state index contributed by atoms with van der Waals surface area (Å²) in [5, 5.41) is 17.4. The van der Waals surface area contributed by atoms with Crippen molar-refractivity contribution in [2.75, 3.05) is 13.7 Å². The molecule has 4 amide bonds. The molecule has 12 nitrogen and oxygen atoms in total. The number of ether oxygens (including phenoxy) is 3. The molecule has 0 atom stereocenters. The number of aromatic nitrogens is 4. The summed E-state index contributed by atoms with van der Waals surface area (Å²) in [6, 6.07) is 14.5. The number of barbiturate groups is 1. The molecule has 1 aliphatic rings. The van der Waals surface area contributed by atoms with Gasteiger partial charge in [0.15, 0.2) is 5.82 Å². The number of hydrogen-bond donors (Lipinski definition) is 2. The third kappa shape index (κ3) is 4.44. The van der Waals surface area contributed by atoms with E-state index in [9.17, 15) is 14.4 Å². The second-order valence-corrected chi connectivity index (χ2v) is 7.86. The van der Waals surface area contributed by atoms with Crippen LogP contribution >= 0.6 is 0 Å². The van der Waals surface area contributed by atoms with Crippen LogP contribution in [0.15, 0.2) is 67.0 Å². The van der Waals surface area contributed by atoms with Crippen molar-refractivity contribution in [2.45, 2.75) is 12.0 Å². The Labute approximate surface area is 204 Å². The van der Waals surface area contributed by atoms with Gasteiger partial charge in [-0.2, -0.15) is 10.2 Å². The van der Waals surface area contributed by atoms with Gasteiger partial charge in [0.25, 0.3) is 17.4 Å². The highest BCUT2D eigenvalue weighted by Gasteiger charge is 2.52. The molecular formula is C24H20N6O6. The minimum absolute atomic E-state index is 0.0616. The van der Waals surface area contributed by atoms with Gasteiger partial charge in [-0.25, -0.2) is 9.48 Å². The van der Waals surface area contributed by atoms with Crippen molar-refractivity contribution in [3.63, 3.8) is 0 Å². The van der Waals surface area contributed by atoms with Crippen LogP contribution in [0, 0.1) is 0 Å². The molecule has 2 aromatic heterocycles. The topological polar surface area (TPSA) is 147 Å². The fourth-order valence-electron chi connectivity index (χ4n) is 3.67. The number of fused-ring (bicyclic) bond motifs is 1. The molecule has 0 bridgehead atoms. The SMILES string of the molecule is COCCC1(Oc2ccc(Oc3ccc4nn(-c5cccnn5)cc4c3)cc2)C(=O)NC(=O)NC1=O. The number of carbonyl (C=O) groups is 3. The Bertz CT molecular complexity index is 1420. The van der Waals surface area contributed by atoms with Crippen LogP contribution in [0.3, 0.4) is 0 Å². The Morgan fingerprint density at radius 2 is 1.67 bits per heavy atom. The van der Waals surface area contributed by atoms with E-state index < -0.39 is 23.4 Å². The van der Waals surface area contributed by atoms with Crippen LogP contribution < -0.4 is 20.1 Å². The van der Waals surface area contributed by atoms with Crippen molar-refractivity contribution in [3.8, 4) is 23.1 Å². The van der Waals surface area contributed by atoms with Crippen LogP contribution in [0.25, 0.3) is 16.7 Å². The Balaban J connectivity index is 1.33. The van der Waals surface area contributed by atoms with Crippen LogP contribution in [-0.2, 0) is 14.3 Å². The number of rotatable bonds is 8. The van der Waals surface area contributed by atoms with Gasteiger partial charge < -0.3 is 14.2 Å². The molecule has 0 aliphatic carbocycles. The van der Waals surface area contributed by atoms with Crippen molar-refractivity contribution in [2.24, 2.45) is 0 Å². The lowest BCUT2D eigenvalue weighted by Crippen LogP contribution is -2.69. The zero-order valence-corrected chi connectivity index (χ0v) is 19.0. The number of imide groups is 2. The first-order chi connectivity index (χ1) is 17.5. The molecule has 12 heteroatoms. The highest BCUT2D eigenvalue weighted by atomic mass is 16.5. The number of hydrogen-bond acceptors (Lipinski definition) is 9. The number of benzene rings is 2. The lowest BCUT2D eigenvalue weighted by molar-refractivity contribution is -0.153. The number of nitrogens with one attached hydrogen (secondary N) is 2. The van der Waals surface area contributed by atoms with E-state index in [0.29, 0.717) is 17.3 Å². The Morgan fingerprint density at radius 1 is 0.944 bits per heavy atom. The van der Waals surface area contributed by atoms with Crippen LogP contribution in [0.5, 0.6) is 17.2 Å². The van der Waals surface area contributed by atoms with Crippen molar-refractivity contribution in [1.29, 1.82) is 0 Å². The minimum atomic E-state index is -1.94. The molecule has 2 aromatic carbocycles. The molecule has 0 radical (unpaired) electrons. The quantitative estimate of drug-likeness (QED) is 0.356. The maximum Gasteiger partial charge on any atom is 0.328 e. The van der Waals surface area contributed by atoms with Crippen LogP contribution in [0.2, 0.25) is 0 Å². The number of amides is 4. The average Bonchev–Trinajstić information content (AvgIpc) is 3.31. The van der Waals surface area contributed by atoms with E-state index in [1.807, 2.05) is 18.3 Å². The number of carbonyl (C=O) groups excluding carboxylic acids is 3. The molecule has 36 heavy (non-hydrogen) atoms. The summed E-state index contributed by atoms with van der Waals surface area (Å²) in [5.74, 6) is 0.198. The lowest BCUT2D eigenvalue weighted by atomic mass is 9.95. The van der Waals surface area contributed by atoms with Crippen molar-refractivity contribution < 1.29 is 28.6 Å². The molecule has 3 heterocycles. The number of nitrogens with zero attached hydrogens (tertiary/aromatic N) is 4. The molecule has 0 spiro atoms. The van der Waals surface area contributed by atoms with Crippen LogP contribution in [-0.4, -0.2) is 57.1 Å². The number of methoxy groups -OCH3 is 1. The predicted octanol–water partition coefficient (Wildman–Crippen LogP) is 2.13. The normalized spacial score (nSPS) is 14.9. The third-order valence-corrected chi connectivity index (χ3v) is 5.47. The van der Waals surface area contributed by atoms with E-state index in [0.717, 1.165) is 10.9 Å². The molecular weight excluding hydrogens is 468 g/mol. The summed E-state index contributed by atoms with van der Waals surface area (Å²) < 4.78 is 18.4. The van der Waals surface area contributed by atoms with Crippen molar-refractivity contribution in [3.05, 3.63) is 67.0 Å². The fourth-order valence-corrected chi connectivity index (χ4v) is 3.67. The predicted molar refractivity (Wildman–Crippen MR) is 125 cm³/mol. The molecule has 1 saturated heterocycles. The van der Waals surface area contributed by atoms with Crippen molar-refractivity contribution >= 4 is 28.7 Å². The highest BCUT2D eigenvalue weighted by Crippen LogP contribution is 2.29. The summed E-state index contributed by atoms with van der Waals surface area (Å²) in [5.41, 5.74) is -1.18. The molecule has 2 N–H and O–H groups in total. The second kappa shape index (κ2) is 9.43. The molecule has 0 saturated carbocycles. The van der Waals surface area contributed by atoms with Gasteiger partial charge in [0.1, 0.15) is 17.2 Å². The molecule has 1 aliphatic heterocycles. The first kappa shape index (κ1) is 22.9. The Morgan fingerprint density at radius 3 is 2.36 bits per heavy atom. The summed E-state index contributed by atoms with van der Waals surface area (Å²) in [6.07, 6.45) is 3.33. The van der Waals surface area contributed by atoms with Gasteiger partial charge >= 0.3 is 6.03 Å². The summed E-state index contributed by atoms with van der Waals surface area (Å²) in [6.45, 7) is 0.0616. The highest BCUT2D eigenvalue weighted by molar-refractivity contribution is 6.21. The summed E-state index contributed by atoms with van der Waals surface area (Å²) >= 11 is 0. The second-order valence-electron chi connectivity index (χ2n) is 7.86. The smallest absolute Gasteiger partial charge is 0.328 e. The van der Waals surface area contributed by atoms with E-state index >= 15 is 0 Å². The summed E-state index contributed by atoms with van der Waals surface area (Å²) in [7, 11) is 1.43. The zero-order valence-electron chi connectivity index (χ0n) is 19.0. The van der Waals surface area contributed by atoms with Gasteiger partial charge in [-0.05, 0) is 54.6 Å². The monoisotopic (exact) mass is 488 g/mol. The maximum absolute atomic E-state index is 12.5. The van der Waals surface area contributed by atoms with Gasteiger partial charge in [0, 0.05) is 31.3 Å². The first-order valence-corrected chi connectivity index (χ1v) is 10.9. The van der Waals surface area contributed by atoms with E-state index in [1.165, 1.54) is 7.11 Å².